The van der Waals surface area contributed by atoms with Crippen LogP contribution in [0.4, 0.5) is 0 Å². The third-order valence-electron chi connectivity index (χ3n) is 8.92. The fraction of sp³-hybridized carbons (Fsp3) is 0.257. The Labute approximate surface area is 247 Å². The van der Waals surface area contributed by atoms with Gasteiger partial charge in [-0.3, -0.25) is 0 Å². The van der Waals surface area contributed by atoms with Crippen LogP contribution in [0.3, 0.4) is 0 Å². The van der Waals surface area contributed by atoms with Crippen molar-refractivity contribution in [1.29, 1.82) is 0 Å². The Morgan fingerprint density at radius 2 is 1.59 bits per heavy atom. The monoisotopic (exact) mass is 644 g/mol. The molecule has 0 saturated heterocycles. The number of hydrogen-bond donors (Lipinski definition) is 0. The fourth-order valence-corrected chi connectivity index (χ4v) is 23.6. The van der Waals surface area contributed by atoms with Crippen molar-refractivity contribution in [1.82, 2.24) is 0 Å². The summed E-state index contributed by atoms with van der Waals surface area (Å²) in [5, 5.41) is 3.02. The molecule has 0 amide bonds. The van der Waals surface area contributed by atoms with Gasteiger partial charge in [0.2, 0.25) is 0 Å². The molecule has 0 N–H and O–H groups in total. The van der Waals surface area contributed by atoms with Crippen LogP contribution >= 0.6 is 17.0 Å². The average Bonchev–Trinajstić information content (AvgIpc) is 3.54. The van der Waals surface area contributed by atoms with Gasteiger partial charge in [0.05, 0.1) is 0 Å². The van der Waals surface area contributed by atoms with Gasteiger partial charge in [0.15, 0.2) is 0 Å². The Kier molecular flexibility index (Phi) is 7.95. The molecular formula is C35H36Cl2SiZr. The van der Waals surface area contributed by atoms with E-state index in [-0.39, 0.29) is 3.63 Å². The van der Waals surface area contributed by atoms with Crippen LogP contribution < -0.4 is 13.6 Å². The van der Waals surface area contributed by atoms with Crippen LogP contribution in [-0.4, -0.2) is 9.52 Å². The number of fused-ring (bicyclic) bond motifs is 4. The molecule has 2 atom stereocenters. The Hall–Kier alpha value is -1.70. The van der Waals surface area contributed by atoms with Gasteiger partial charge in [-0.1, -0.05) is 0 Å². The summed E-state index contributed by atoms with van der Waals surface area (Å²) in [6.45, 7) is 6.91. The summed E-state index contributed by atoms with van der Waals surface area (Å²) in [6, 6.07) is 31.4. The standard InChI is InChI=1S/C23H27.C12H9Si.2ClH.Zr/c1-4-6-10-18-15-20-13-14-21(17(3)5-2)23(22(20)16-18)19-11-8-7-9-12-19;1-3-7-11-9(5-1)10-6-2-4-8-12(10)13-11;;;/h7-9,11-17H,4-6,10H2,1-3H3;1-7H,13H2;2*1H;/q;;;;+2/p-2. The summed E-state index contributed by atoms with van der Waals surface area (Å²) in [7, 11) is 15.2. The molecule has 0 bridgehead atoms. The van der Waals surface area contributed by atoms with Crippen molar-refractivity contribution in [3.63, 3.8) is 0 Å². The first-order chi connectivity index (χ1) is 19.0. The van der Waals surface area contributed by atoms with Gasteiger partial charge in [-0.15, -0.1) is 0 Å². The predicted molar refractivity (Wildman–Crippen MR) is 172 cm³/mol. The van der Waals surface area contributed by atoms with Crippen LogP contribution in [-0.2, 0) is 17.9 Å². The van der Waals surface area contributed by atoms with E-state index in [0.29, 0.717) is 5.92 Å². The molecule has 2 unspecified atom stereocenters. The zero-order valence-corrected chi connectivity index (χ0v) is 28.5. The second-order valence-corrected chi connectivity index (χ2v) is 27.1. The Balaban J connectivity index is 1.54. The van der Waals surface area contributed by atoms with Crippen LogP contribution in [0.5, 0.6) is 0 Å². The van der Waals surface area contributed by atoms with E-state index in [4.69, 9.17) is 17.0 Å². The minimum absolute atomic E-state index is 0.141. The first kappa shape index (κ1) is 27.5. The number of halogens is 2. The first-order valence-corrected chi connectivity index (χ1v) is 24.9. The first-order valence-electron chi connectivity index (χ1n) is 14.5. The van der Waals surface area contributed by atoms with Gasteiger partial charge in [0.25, 0.3) is 0 Å². The summed E-state index contributed by atoms with van der Waals surface area (Å²) >= 11 is -3.96. The molecule has 1 heterocycles. The third kappa shape index (κ3) is 4.80. The molecule has 0 saturated carbocycles. The van der Waals surface area contributed by atoms with Crippen LogP contribution in [0, 0.1) is 0 Å². The van der Waals surface area contributed by atoms with E-state index >= 15 is 0 Å². The molecule has 0 spiro atoms. The van der Waals surface area contributed by atoms with Gasteiger partial charge in [-0.05, 0) is 0 Å². The molecule has 4 aromatic carbocycles. The minimum atomic E-state index is -3.96. The second-order valence-electron chi connectivity index (χ2n) is 11.3. The third-order valence-corrected chi connectivity index (χ3v) is 23.3. The van der Waals surface area contributed by atoms with Crippen LogP contribution in [0.1, 0.15) is 72.7 Å². The molecule has 39 heavy (non-hydrogen) atoms. The quantitative estimate of drug-likeness (QED) is 0.149. The number of unbranched alkanes of at least 4 members (excludes halogenated alkanes) is 1. The average molecular weight is 647 g/mol. The van der Waals surface area contributed by atoms with Crippen molar-refractivity contribution in [2.75, 3.05) is 0 Å². The van der Waals surface area contributed by atoms with Gasteiger partial charge in [-0.2, -0.15) is 0 Å². The Bertz CT molecular complexity index is 1560. The van der Waals surface area contributed by atoms with E-state index in [0.717, 1.165) is 19.3 Å². The van der Waals surface area contributed by atoms with Gasteiger partial charge in [0.1, 0.15) is 0 Å². The van der Waals surface area contributed by atoms with Crippen LogP contribution in [0.15, 0.2) is 90.5 Å². The summed E-state index contributed by atoms with van der Waals surface area (Å²) in [5.41, 5.74) is 11.1. The van der Waals surface area contributed by atoms with Gasteiger partial charge in [-0.25, -0.2) is 0 Å². The van der Waals surface area contributed by atoms with E-state index in [9.17, 15) is 0 Å². The number of benzene rings is 4. The summed E-state index contributed by atoms with van der Waals surface area (Å²) in [5.74, 6) is 0.485. The molecule has 0 aromatic heterocycles. The molecule has 1 aliphatic heterocycles. The van der Waals surface area contributed by atoms with E-state index in [1.165, 1.54) is 64.6 Å². The maximum atomic E-state index is 7.88. The molecule has 1 aliphatic carbocycles. The molecule has 6 rings (SSSR count). The zero-order chi connectivity index (χ0) is 27.1. The topological polar surface area (TPSA) is 0 Å². The van der Waals surface area contributed by atoms with Gasteiger partial charge in [0, 0.05) is 0 Å². The van der Waals surface area contributed by atoms with E-state index < -0.39 is 27.4 Å². The zero-order valence-electron chi connectivity index (χ0n) is 23.1. The molecule has 0 fully saturated rings. The van der Waals surface area contributed by atoms with Gasteiger partial charge < -0.3 is 0 Å². The van der Waals surface area contributed by atoms with Crippen molar-refractivity contribution in [2.24, 2.45) is 0 Å². The number of rotatable bonds is 8. The summed E-state index contributed by atoms with van der Waals surface area (Å²) < 4.78 is 1.46. The number of allylic oxidation sites excluding steroid dienone is 1. The Morgan fingerprint density at radius 3 is 2.36 bits per heavy atom. The van der Waals surface area contributed by atoms with Crippen molar-refractivity contribution in [3.8, 4) is 22.3 Å². The normalized spacial score (nSPS) is 17.1. The molecule has 198 valence electrons. The number of hydrogen-bond acceptors (Lipinski definition) is 0. The van der Waals surface area contributed by atoms with Crippen LogP contribution in [0.25, 0.3) is 28.3 Å². The Morgan fingerprint density at radius 1 is 0.846 bits per heavy atom. The molecule has 4 heteroatoms. The predicted octanol–water partition coefficient (Wildman–Crippen LogP) is 8.38. The molecule has 0 nitrogen and oxygen atoms in total. The molecule has 2 aliphatic rings. The van der Waals surface area contributed by atoms with E-state index in [1.54, 1.807) is 0 Å². The summed E-state index contributed by atoms with van der Waals surface area (Å²) in [6.07, 6.45) is 7.01. The fourth-order valence-electron chi connectivity index (χ4n) is 6.74. The molecule has 0 radical (unpaired) electrons. The SMILES string of the molecule is CCCCC1=Cc2c(ccc(C(C)CC)c2-c2ccccc2)[CH]1[Zr]([Cl])([Cl])[c]1cccc2c1[SiH2]c1ccccc1-2. The van der Waals surface area contributed by atoms with Crippen LogP contribution in [0.2, 0.25) is 0 Å². The van der Waals surface area contributed by atoms with Crippen molar-refractivity contribution < 1.29 is 17.9 Å². The second kappa shape index (κ2) is 11.3. The van der Waals surface area contributed by atoms with Crippen molar-refractivity contribution in [3.05, 3.63) is 107 Å². The van der Waals surface area contributed by atoms with Gasteiger partial charge >= 0.3 is 250 Å². The maximum absolute atomic E-state index is 7.88. The van der Waals surface area contributed by atoms with E-state index in [2.05, 4.69) is 112 Å². The van der Waals surface area contributed by atoms with Crippen molar-refractivity contribution in [2.45, 2.75) is 56.0 Å². The van der Waals surface area contributed by atoms with Crippen molar-refractivity contribution >= 4 is 46.3 Å². The molecule has 4 aromatic rings. The van der Waals surface area contributed by atoms with E-state index in [1.807, 2.05) is 0 Å². The summed E-state index contributed by atoms with van der Waals surface area (Å²) in [4.78, 5) is 0. The molecular weight excluding hydrogens is 611 g/mol.